The average Bonchev–Trinajstić information content (AvgIpc) is 3.25. The van der Waals surface area contributed by atoms with Gasteiger partial charge in [-0.15, -0.1) is 0 Å². The van der Waals surface area contributed by atoms with Crippen molar-refractivity contribution in [1.82, 2.24) is 15.0 Å². The maximum atomic E-state index is 11.2. The van der Waals surface area contributed by atoms with Gasteiger partial charge in [0, 0.05) is 5.56 Å². The van der Waals surface area contributed by atoms with E-state index in [4.69, 9.17) is 21.1 Å². The molecule has 0 spiro atoms. The fourth-order valence-electron chi connectivity index (χ4n) is 4.47. The molecule has 0 aliphatic heterocycles. The largest absolute Gasteiger partial charge is 0.494 e. The number of H-pyrrole nitrogens is 1. The second kappa shape index (κ2) is 9.96. The van der Waals surface area contributed by atoms with Crippen molar-refractivity contribution in [2.24, 2.45) is 5.92 Å². The lowest BCUT2D eigenvalue weighted by Gasteiger charge is -2.25. The van der Waals surface area contributed by atoms with Crippen LogP contribution in [0.1, 0.15) is 32.6 Å². The van der Waals surface area contributed by atoms with Gasteiger partial charge >= 0.3 is 5.97 Å². The molecule has 0 atom stereocenters. The lowest BCUT2D eigenvalue weighted by molar-refractivity contribution is -0.143. The molecule has 1 saturated carbocycles. The van der Waals surface area contributed by atoms with Crippen LogP contribution in [0, 0.1) is 5.92 Å². The Kier molecular flexibility index (Phi) is 6.59. The highest BCUT2D eigenvalue weighted by molar-refractivity contribution is 6.33. The predicted molar refractivity (Wildman–Crippen MR) is 135 cm³/mol. The molecule has 0 radical (unpaired) electrons. The molecular formula is C27H26ClN3O4. The number of carboxylic acids is 1. The van der Waals surface area contributed by atoms with Crippen LogP contribution >= 0.6 is 11.6 Å². The van der Waals surface area contributed by atoms with Gasteiger partial charge < -0.3 is 19.6 Å². The molecule has 1 fully saturated rings. The Morgan fingerprint density at radius 2 is 1.63 bits per heavy atom. The van der Waals surface area contributed by atoms with Gasteiger partial charge in [0.25, 0.3) is 6.01 Å². The highest BCUT2D eigenvalue weighted by atomic mass is 35.5. The zero-order chi connectivity index (χ0) is 24.4. The van der Waals surface area contributed by atoms with Crippen LogP contribution in [-0.4, -0.2) is 38.7 Å². The summed E-state index contributed by atoms with van der Waals surface area (Å²) >= 11 is 6.57. The fourth-order valence-corrected chi connectivity index (χ4v) is 4.73. The van der Waals surface area contributed by atoms with E-state index in [9.17, 15) is 9.90 Å². The summed E-state index contributed by atoms with van der Waals surface area (Å²) in [6.07, 6.45) is 2.54. The lowest BCUT2D eigenvalue weighted by atomic mass is 9.87. The summed E-state index contributed by atoms with van der Waals surface area (Å²) in [5.41, 5.74) is 4.94. The number of pyridine rings is 1. The predicted octanol–water partition coefficient (Wildman–Crippen LogP) is 6.37. The first-order valence-corrected chi connectivity index (χ1v) is 12.2. The third kappa shape index (κ3) is 5.10. The van der Waals surface area contributed by atoms with Gasteiger partial charge in [0.2, 0.25) is 0 Å². The number of nitrogens with one attached hydrogen (secondary N) is 1. The molecule has 2 aromatic heterocycles. The van der Waals surface area contributed by atoms with Gasteiger partial charge in [0.15, 0.2) is 5.65 Å². The topological polar surface area (TPSA) is 97.3 Å². The molecule has 8 heteroatoms. The number of imidazole rings is 1. The van der Waals surface area contributed by atoms with Crippen LogP contribution in [0.25, 0.3) is 33.5 Å². The van der Waals surface area contributed by atoms with Crippen LogP contribution in [0.2, 0.25) is 5.02 Å². The highest BCUT2D eigenvalue weighted by Gasteiger charge is 2.27. The summed E-state index contributed by atoms with van der Waals surface area (Å²) in [6.45, 7) is 2.61. The minimum atomic E-state index is -0.730. The first-order valence-electron chi connectivity index (χ1n) is 11.8. The van der Waals surface area contributed by atoms with Gasteiger partial charge in [-0.2, -0.15) is 4.98 Å². The summed E-state index contributed by atoms with van der Waals surface area (Å²) in [4.78, 5) is 23.5. The molecule has 4 aromatic rings. The molecule has 2 N–H and O–H groups in total. The number of aliphatic carboxylic acids is 1. The van der Waals surface area contributed by atoms with Gasteiger partial charge in [-0.05, 0) is 61.9 Å². The van der Waals surface area contributed by atoms with Gasteiger partial charge in [-0.1, -0.05) is 48.0 Å². The van der Waals surface area contributed by atoms with Crippen molar-refractivity contribution < 1.29 is 19.4 Å². The highest BCUT2D eigenvalue weighted by Crippen LogP contribution is 2.32. The minimum absolute atomic E-state index is 0.0590. The van der Waals surface area contributed by atoms with Crippen molar-refractivity contribution in [1.29, 1.82) is 0 Å². The number of carbonyl (C=O) groups is 1. The summed E-state index contributed by atoms with van der Waals surface area (Å²) in [7, 11) is 0. The first-order chi connectivity index (χ1) is 17.0. The molecule has 0 unspecified atom stereocenters. The number of hydrogen-bond acceptors (Lipinski definition) is 5. The standard InChI is InChI=1S/C27H26ClN3O4/c1-2-34-20-11-7-17(8-12-20)16-3-5-18(6-4-16)24-22(28)15-23-25(30-24)31-27(29-23)35-21-13-9-19(10-14-21)26(32)33/h3-8,11-12,15,19,21H,2,9-10,13-14H2,1H3,(H,32,33)(H,29,30,31). The zero-order valence-corrected chi connectivity index (χ0v) is 20.1. The number of rotatable bonds is 7. The quantitative estimate of drug-likeness (QED) is 0.312. The maximum absolute atomic E-state index is 11.2. The number of fused-ring (bicyclic) bond motifs is 1. The monoisotopic (exact) mass is 491 g/mol. The van der Waals surface area contributed by atoms with Crippen molar-refractivity contribution in [3.05, 3.63) is 59.6 Å². The third-order valence-electron chi connectivity index (χ3n) is 6.36. The van der Waals surface area contributed by atoms with Crippen molar-refractivity contribution in [2.75, 3.05) is 6.61 Å². The van der Waals surface area contributed by atoms with Gasteiger partial charge in [0.1, 0.15) is 11.9 Å². The molecule has 0 amide bonds. The number of ether oxygens (including phenoxy) is 2. The number of nitrogens with zero attached hydrogens (tertiary/aromatic N) is 2. The van der Waals surface area contributed by atoms with E-state index in [0.717, 1.165) is 22.4 Å². The second-order valence-electron chi connectivity index (χ2n) is 8.70. The van der Waals surface area contributed by atoms with Crippen molar-refractivity contribution in [3.8, 4) is 34.1 Å². The summed E-state index contributed by atoms with van der Waals surface area (Å²) < 4.78 is 11.5. The van der Waals surface area contributed by atoms with E-state index >= 15 is 0 Å². The molecule has 2 heterocycles. The Hall–Kier alpha value is -3.58. The van der Waals surface area contributed by atoms with Crippen LogP contribution < -0.4 is 9.47 Å². The van der Waals surface area contributed by atoms with E-state index in [2.05, 4.69) is 15.0 Å². The van der Waals surface area contributed by atoms with Crippen molar-refractivity contribution in [3.63, 3.8) is 0 Å². The maximum Gasteiger partial charge on any atom is 0.306 e. The van der Waals surface area contributed by atoms with Crippen LogP contribution in [0.15, 0.2) is 54.6 Å². The van der Waals surface area contributed by atoms with Gasteiger partial charge in [-0.25, -0.2) is 4.98 Å². The molecule has 5 rings (SSSR count). The van der Waals surface area contributed by atoms with Crippen molar-refractivity contribution >= 4 is 28.7 Å². The summed E-state index contributed by atoms with van der Waals surface area (Å²) in [5, 5.41) is 9.69. The normalized spacial score (nSPS) is 17.9. The van der Waals surface area contributed by atoms with Gasteiger partial charge in [0.05, 0.1) is 28.8 Å². The van der Waals surface area contributed by atoms with E-state index in [1.807, 2.05) is 55.5 Å². The number of aromatic amines is 1. The smallest absolute Gasteiger partial charge is 0.306 e. The minimum Gasteiger partial charge on any atom is -0.494 e. The van der Waals surface area contributed by atoms with E-state index in [1.54, 1.807) is 6.07 Å². The van der Waals surface area contributed by atoms with E-state index in [-0.39, 0.29) is 12.0 Å². The molecule has 1 aliphatic carbocycles. The molecule has 7 nitrogen and oxygen atoms in total. The van der Waals surface area contributed by atoms with Gasteiger partial charge in [-0.3, -0.25) is 4.79 Å². The first kappa shape index (κ1) is 23.2. The summed E-state index contributed by atoms with van der Waals surface area (Å²) in [5.74, 6) is -0.159. The Balaban J connectivity index is 1.32. The zero-order valence-electron chi connectivity index (χ0n) is 19.3. The number of halogens is 1. The molecule has 35 heavy (non-hydrogen) atoms. The number of aromatic nitrogens is 3. The van der Waals surface area contributed by atoms with Crippen molar-refractivity contribution in [2.45, 2.75) is 38.7 Å². The molecule has 0 saturated heterocycles. The SMILES string of the molecule is CCOc1ccc(-c2ccc(-c3nc4nc(OC5CCC(C(=O)O)CC5)[nH]c4cc3Cl)cc2)cc1. The fraction of sp³-hybridized carbons (Fsp3) is 0.296. The molecule has 2 aromatic carbocycles. The molecule has 0 bridgehead atoms. The number of carboxylic acid groups (broad SMARTS) is 1. The van der Waals surface area contributed by atoms with E-state index < -0.39 is 5.97 Å². The third-order valence-corrected chi connectivity index (χ3v) is 6.65. The molecular weight excluding hydrogens is 466 g/mol. The van der Waals surface area contributed by atoms with E-state index in [0.29, 0.717) is 60.2 Å². The average molecular weight is 492 g/mol. The molecule has 1 aliphatic rings. The van der Waals surface area contributed by atoms with Crippen LogP contribution in [0.4, 0.5) is 0 Å². The lowest BCUT2D eigenvalue weighted by Crippen LogP contribution is -2.28. The summed E-state index contributed by atoms with van der Waals surface area (Å²) in [6, 6.07) is 18.3. The van der Waals surface area contributed by atoms with Crippen LogP contribution in [0.3, 0.4) is 0 Å². The van der Waals surface area contributed by atoms with Crippen LogP contribution in [0.5, 0.6) is 11.8 Å². The Labute approximate surface area is 208 Å². The Morgan fingerprint density at radius 3 is 2.26 bits per heavy atom. The van der Waals surface area contributed by atoms with Crippen LogP contribution in [-0.2, 0) is 4.79 Å². The Bertz CT molecular complexity index is 1330. The Morgan fingerprint density at radius 1 is 1.00 bits per heavy atom. The van der Waals surface area contributed by atoms with E-state index in [1.165, 1.54) is 0 Å². The number of hydrogen-bond donors (Lipinski definition) is 2. The number of benzene rings is 2. The second-order valence-corrected chi connectivity index (χ2v) is 9.10. The molecule has 180 valence electrons.